The molecule has 5 nitrogen and oxygen atoms in total. The Kier molecular flexibility index (Phi) is 12.9. The molecule has 0 saturated heterocycles. The second-order valence-corrected chi connectivity index (χ2v) is 11.1. The minimum absolute atomic E-state index is 0. The fourth-order valence-corrected chi connectivity index (χ4v) is 4.96. The molecular weight excluding hydrogens is 540 g/mol. The van der Waals surface area contributed by atoms with E-state index >= 15 is 0 Å². The Morgan fingerprint density at radius 3 is 2.08 bits per heavy atom. The monoisotopic (exact) mass is 586 g/mol. The van der Waals surface area contributed by atoms with Crippen LogP contribution < -0.4 is 27.3 Å². The maximum atomic E-state index is 13.2. The summed E-state index contributed by atoms with van der Waals surface area (Å²) in [6.07, 6.45) is 9.60. The lowest BCUT2D eigenvalue weighted by atomic mass is 10.1. The zero-order valence-corrected chi connectivity index (χ0v) is 25.6. The first kappa shape index (κ1) is 31.9. The number of unbranched alkanes of at least 4 members (excludes halogenated alkanes) is 5. The zero-order chi connectivity index (χ0) is 26.8. The lowest BCUT2D eigenvalue weighted by Crippen LogP contribution is -3.00. The van der Waals surface area contributed by atoms with E-state index in [2.05, 4.69) is 51.9 Å². The van der Waals surface area contributed by atoms with Crippen molar-refractivity contribution in [3.8, 4) is 17.1 Å². The topological polar surface area (TPSA) is 53.7 Å². The molecular formula is C32H47BrN2O3. The van der Waals surface area contributed by atoms with Gasteiger partial charge in [0.1, 0.15) is 12.1 Å². The lowest BCUT2D eigenvalue weighted by molar-refractivity contribution is -0.903. The van der Waals surface area contributed by atoms with Gasteiger partial charge in [-0.25, -0.2) is 0 Å². The van der Waals surface area contributed by atoms with E-state index < -0.39 is 0 Å². The van der Waals surface area contributed by atoms with Crippen molar-refractivity contribution >= 4 is 16.7 Å². The van der Waals surface area contributed by atoms with E-state index in [1.807, 2.05) is 30.3 Å². The SMILES string of the molecule is CCCCCC[N+](C)(C)Cc1ccc2oc(-c3ccc(N(CCCC)CCCC)cc3)c(O)c(=O)c2c1.[Br-]. The molecule has 0 spiro atoms. The fraction of sp³-hybridized carbons (Fsp3) is 0.531. The van der Waals surface area contributed by atoms with Crippen LogP contribution in [-0.4, -0.2) is 43.3 Å². The second kappa shape index (κ2) is 15.3. The van der Waals surface area contributed by atoms with Crippen LogP contribution in [0.1, 0.15) is 77.7 Å². The quantitative estimate of drug-likeness (QED) is 0.206. The van der Waals surface area contributed by atoms with Crippen LogP contribution in [0.25, 0.3) is 22.3 Å². The van der Waals surface area contributed by atoms with E-state index in [4.69, 9.17) is 4.42 Å². The van der Waals surface area contributed by atoms with Gasteiger partial charge in [0.2, 0.25) is 11.2 Å². The summed E-state index contributed by atoms with van der Waals surface area (Å²) < 4.78 is 6.96. The third-order valence-corrected chi connectivity index (χ3v) is 7.22. The van der Waals surface area contributed by atoms with Crippen LogP contribution in [0.2, 0.25) is 0 Å². The lowest BCUT2D eigenvalue weighted by Gasteiger charge is -2.30. The molecule has 0 aliphatic heterocycles. The molecule has 0 radical (unpaired) electrons. The highest BCUT2D eigenvalue weighted by Crippen LogP contribution is 2.32. The standard InChI is InChI=1S/C32H46N2O3.BrH/c1-6-9-12-13-22-34(4,5)24-25-14-19-29-28(23-25)30(35)31(36)32(37-29)26-15-17-27(18-16-26)33(20-10-7-2)21-11-8-3;/h14-19,23H,6-13,20-22,24H2,1-5H3;1H. The average Bonchev–Trinajstić information content (AvgIpc) is 2.89. The van der Waals surface area contributed by atoms with Gasteiger partial charge in [-0.1, -0.05) is 46.5 Å². The van der Waals surface area contributed by atoms with Crippen molar-refractivity contribution in [1.29, 1.82) is 0 Å². The highest BCUT2D eigenvalue weighted by atomic mass is 79.9. The van der Waals surface area contributed by atoms with Crippen LogP contribution in [0.15, 0.2) is 51.7 Å². The van der Waals surface area contributed by atoms with Gasteiger partial charge in [-0.2, -0.15) is 0 Å². The first-order chi connectivity index (χ1) is 17.8. The highest BCUT2D eigenvalue weighted by Gasteiger charge is 2.19. The van der Waals surface area contributed by atoms with Crippen LogP contribution in [0.4, 0.5) is 5.69 Å². The normalized spacial score (nSPS) is 11.5. The number of aromatic hydroxyl groups is 1. The van der Waals surface area contributed by atoms with Gasteiger partial charge in [0.05, 0.1) is 26.0 Å². The third kappa shape index (κ3) is 8.60. The molecule has 210 valence electrons. The number of benzene rings is 2. The maximum absolute atomic E-state index is 13.2. The van der Waals surface area contributed by atoms with Crippen LogP contribution >= 0.6 is 0 Å². The number of rotatable bonds is 15. The van der Waals surface area contributed by atoms with E-state index in [9.17, 15) is 9.90 Å². The summed E-state index contributed by atoms with van der Waals surface area (Å²) in [7, 11) is 4.46. The van der Waals surface area contributed by atoms with Crippen molar-refractivity contribution in [2.24, 2.45) is 0 Å². The van der Waals surface area contributed by atoms with Crippen LogP contribution in [0.3, 0.4) is 0 Å². The Hall–Kier alpha value is -2.31. The average molecular weight is 588 g/mol. The van der Waals surface area contributed by atoms with Gasteiger partial charge in [0.15, 0.2) is 5.76 Å². The molecule has 3 aromatic rings. The molecule has 1 aromatic heterocycles. The predicted molar refractivity (Wildman–Crippen MR) is 156 cm³/mol. The smallest absolute Gasteiger partial charge is 0.235 e. The number of hydrogen-bond acceptors (Lipinski definition) is 4. The van der Waals surface area contributed by atoms with Gasteiger partial charge in [-0.15, -0.1) is 0 Å². The van der Waals surface area contributed by atoms with E-state index in [0.29, 0.717) is 16.5 Å². The molecule has 2 aromatic carbocycles. The van der Waals surface area contributed by atoms with E-state index in [0.717, 1.165) is 67.6 Å². The molecule has 0 atom stereocenters. The predicted octanol–water partition coefficient (Wildman–Crippen LogP) is 4.73. The molecule has 6 heteroatoms. The zero-order valence-electron chi connectivity index (χ0n) is 24.1. The number of nitrogens with zero attached hydrogens (tertiary/aromatic N) is 2. The summed E-state index contributed by atoms with van der Waals surface area (Å²) in [5.41, 5.74) is 3.08. The molecule has 0 bridgehead atoms. The van der Waals surface area contributed by atoms with Gasteiger partial charge in [0, 0.05) is 29.9 Å². The van der Waals surface area contributed by atoms with E-state index in [1.54, 1.807) is 0 Å². The summed E-state index contributed by atoms with van der Waals surface area (Å²) in [4.78, 5) is 15.6. The summed E-state index contributed by atoms with van der Waals surface area (Å²) in [5, 5.41) is 11.3. The molecule has 0 aliphatic carbocycles. The highest BCUT2D eigenvalue weighted by molar-refractivity contribution is 5.82. The minimum atomic E-state index is -0.372. The summed E-state index contributed by atoms with van der Waals surface area (Å²) in [5.74, 6) is -0.0861. The largest absolute Gasteiger partial charge is 1.00 e. The maximum Gasteiger partial charge on any atom is 0.235 e. The Bertz CT molecular complexity index is 1180. The van der Waals surface area contributed by atoms with Crippen LogP contribution in [-0.2, 0) is 6.54 Å². The number of fused-ring (bicyclic) bond motifs is 1. The fourth-order valence-electron chi connectivity index (χ4n) is 4.96. The Balaban J connectivity index is 0.00000507. The molecule has 0 amide bonds. The van der Waals surface area contributed by atoms with Crippen molar-refractivity contribution in [3.05, 3.63) is 58.3 Å². The summed E-state index contributed by atoms with van der Waals surface area (Å²) >= 11 is 0. The molecule has 0 fully saturated rings. The van der Waals surface area contributed by atoms with Gasteiger partial charge in [-0.3, -0.25) is 4.79 Å². The number of halogens is 1. The number of hydrogen-bond donors (Lipinski definition) is 1. The van der Waals surface area contributed by atoms with Crippen LogP contribution in [0.5, 0.6) is 5.75 Å². The molecule has 38 heavy (non-hydrogen) atoms. The Labute approximate surface area is 239 Å². The number of quaternary nitrogens is 1. The first-order valence-electron chi connectivity index (χ1n) is 14.3. The molecule has 1 heterocycles. The van der Waals surface area contributed by atoms with Crippen molar-refractivity contribution in [2.45, 2.75) is 78.7 Å². The molecule has 0 saturated carbocycles. The van der Waals surface area contributed by atoms with Gasteiger partial charge in [0.25, 0.3) is 0 Å². The van der Waals surface area contributed by atoms with Gasteiger partial charge < -0.3 is 35.9 Å². The molecule has 0 aliphatic rings. The summed E-state index contributed by atoms with van der Waals surface area (Å²) in [6.45, 7) is 10.6. The van der Waals surface area contributed by atoms with Gasteiger partial charge >= 0.3 is 0 Å². The second-order valence-electron chi connectivity index (χ2n) is 11.1. The van der Waals surface area contributed by atoms with Gasteiger partial charge in [-0.05, 0) is 68.1 Å². The molecule has 0 unspecified atom stereocenters. The first-order valence-corrected chi connectivity index (χ1v) is 14.3. The Morgan fingerprint density at radius 2 is 1.47 bits per heavy atom. The van der Waals surface area contributed by atoms with Crippen molar-refractivity contribution < 1.29 is 31.0 Å². The van der Waals surface area contributed by atoms with Crippen molar-refractivity contribution in [1.82, 2.24) is 0 Å². The van der Waals surface area contributed by atoms with E-state index in [1.165, 1.54) is 25.7 Å². The molecule has 1 N–H and O–H groups in total. The van der Waals surface area contributed by atoms with Crippen molar-refractivity contribution in [2.75, 3.05) is 38.6 Å². The third-order valence-electron chi connectivity index (χ3n) is 7.22. The van der Waals surface area contributed by atoms with Crippen molar-refractivity contribution in [3.63, 3.8) is 0 Å². The van der Waals surface area contributed by atoms with E-state index in [-0.39, 0.29) is 33.9 Å². The summed E-state index contributed by atoms with van der Waals surface area (Å²) in [6, 6.07) is 13.8. The molecule has 3 rings (SSSR count). The minimum Gasteiger partial charge on any atom is -1.00 e. The number of anilines is 1. The van der Waals surface area contributed by atoms with Crippen LogP contribution in [0, 0.1) is 0 Å². The Morgan fingerprint density at radius 1 is 0.842 bits per heavy atom.